The number of nitrogens with zero attached hydrogens (tertiary/aromatic N) is 4. The lowest BCUT2D eigenvalue weighted by molar-refractivity contribution is -0.0330. The van der Waals surface area contributed by atoms with E-state index in [1.165, 1.54) is 41.5 Å². The van der Waals surface area contributed by atoms with Gasteiger partial charge in [0.05, 0.1) is 11.9 Å². The van der Waals surface area contributed by atoms with E-state index in [-0.39, 0.29) is 22.5 Å². The number of ether oxygens (including phenoxy) is 1. The monoisotopic (exact) mass is 465 g/mol. The molecule has 3 aromatic rings. The number of hydrogen-bond acceptors (Lipinski definition) is 11. The van der Waals surface area contributed by atoms with Gasteiger partial charge in [0.1, 0.15) is 35.9 Å². The zero-order valence-electron chi connectivity index (χ0n) is 16.2. The molecule has 1 amide bonds. The van der Waals surface area contributed by atoms with Gasteiger partial charge in [-0.15, -0.1) is 0 Å². The number of aromatic hydroxyl groups is 1. The number of amides is 1. The molecule has 15 heteroatoms. The Bertz CT molecular complexity index is 1270. The molecule has 1 saturated heterocycles. The molecular weight excluding hydrogens is 446 g/mol. The number of hydrogen-bond donors (Lipinski definition) is 6. The zero-order valence-corrected chi connectivity index (χ0v) is 17.0. The van der Waals surface area contributed by atoms with E-state index in [1.807, 2.05) is 0 Å². The van der Waals surface area contributed by atoms with Crippen LogP contribution in [0.15, 0.2) is 36.9 Å². The van der Waals surface area contributed by atoms with Crippen LogP contribution in [-0.4, -0.2) is 74.0 Å². The second-order valence-electron chi connectivity index (χ2n) is 6.93. The first-order valence-electron chi connectivity index (χ1n) is 9.22. The Morgan fingerprint density at radius 2 is 1.94 bits per heavy atom. The summed E-state index contributed by atoms with van der Waals surface area (Å²) in [4.78, 5) is 24.0. The molecule has 4 rings (SSSR count). The molecule has 0 saturated carbocycles. The summed E-state index contributed by atoms with van der Waals surface area (Å²) in [6.45, 7) is -0.470. The molecule has 1 aliphatic heterocycles. The molecule has 1 fully saturated rings. The Morgan fingerprint density at radius 1 is 1.19 bits per heavy atom. The predicted molar refractivity (Wildman–Crippen MR) is 108 cm³/mol. The molecule has 2 aromatic heterocycles. The van der Waals surface area contributed by atoms with Gasteiger partial charge in [-0.1, -0.05) is 12.1 Å². The van der Waals surface area contributed by atoms with Crippen molar-refractivity contribution in [2.45, 2.75) is 24.5 Å². The molecule has 0 radical (unpaired) electrons. The van der Waals surface area contributed by atoms with E-state index in [9.17, 15) is 28.5 Å². The van der Waals surface area contributed by atoms with Crippen molar-refractivity contribution in [3.05, 3.63) is 42.5 Å². The fourth-order valence-corrected chi connectivity index (χ4v) is 4.06. The van der Waals surface area contributed by atoms with Crippen LogP contribution in [0.25, 0.3) is 11.2 Å². The molecule has 3 heterocycles. The van der Waals surface area contributed by atoms with E-state index in [0.29, 0.717) is 0 Å². The third kappa shape index (κ3) is 4.06. The first-order chi connectivity index (χ1) is 15.2. The van der Waals surface area contributed by atoms with Gasteiger partial charge < -0.3 is 25.8 Å². The zero-order chi connectivity index (χ0) is 23.0. The molecule has 1 aromatic carbocycles. The van der Waals surface area contributed by atoms with E-state index in [0.717, 1.165) is 0 Å². The molecular formula is C17H19N7O7S. The average Bonchev–Trinajstić information content (AvgIpc) is 3.29. The van der Waals surface area contributed by atoms with Crippen LogP contribution in [0.3, 0.4) is 0 Å². The van der Waals surface area contributed by atoms with Crippen LogP contribution < -0.4 is 15.2 Å². The summed E-state index contributed by atoms with van der Waals surface area (Å²) in [6.07, 6.45) is -2.69. The Hall–Kier alpha value is -3.37. The number of anilines is 1. The van der Waals surface area contributed by atoms with Crippen molar-refractivity contribution in [2.75, 3.05) is 12.3 Å². The number of para-hydroxylation sites is 1. The number of aromatic nitrogens is 4. The van der Waals surface area contributed by atoms with E-state index in [4.69, 9.17) is 10.5 Å². The number of phenols is 1. The van der Waals surface area contributed by atoms with Crippen molar-refractivity contribution in [3.63, 3.8) is 0 Å². The van der Waals surface area contributed by atoms with Crippen LogP contribution in [0.4, 0.5) is 5.82 Å². The predicted octanol–water partition coefficient (Wildman–Crippen LogP) is -2.00. The SMILES string of the molecule is Nc1ncnc2c1ncn2[C@@H]1O[C@H](CNS(=O)(=O)NC(=O)c2ccccc2O)C(O)C1O. The van der Waals surface area contributed by atoms with Gasteiger partial charge >= 0.3 is 10.2 Å². The number of benzene rings is 1. The Morgan fingerprint density at radius 3 is 2.69 bits per heavy atom. The molecule has 0 spiro atoms. The lowest BCUT2D eigenvalue weighted by Crippen LogP contribution is -2.45. The fraction of sp³-hybridized carbons (Fsp3) is 0.294. The molecule has 1 aliphatic rings. The topological polar surface area (TPSA) is 215 Å². The molecule has 2 unspecified atom stereocenters. The number of aliphatic hydroxyl groups is 2. The summed E-state index contributed by atoms with van der Waals surface area (Å²) in [5, 5.41) is 30.4. The van der Waals surface area contributed by atoms with Gasteiger partial charge in [-0.25, -0.2) is 19.7 Å². The van der Waals surface area contributed by atoms with Crippen molar-refractivity contribution in [1.29, 1.82) is 0 Å². The number of rotatable bonds is 6. The van der Waals surface area contributed by atoms with E-state index in [1.54, 1.807) is 4.72 Å². The number of aliphatic hydroxyl groups excluding tert-OH is 2. The third-order valence-electron chi connectivity index (χ3n) is 4.85. The molecule has 32 heavy (non-hydrogen) atoms. The van der Waals surface area contributed by atoms with Crippen LogP contribution in [-0.2, 0) is 14.9 Å². The second kappa shape index (κ2) is 8.29. The van der Waals surface area contributed by atoms with Gasteiger partial charge in [-0.3, -0.25) is 9.36 Å². The van der Waals surface area contributed by atoms with Crippen LogP contribution in [0.1, 0.15) is 16.6 Å². The van der Waals surface area contributed by atoms with Crippen molar-refractivity contribution in [1.82, 2.24) is 29.0 Å². The third-order valence-corrected chi connectivity index (χ3v) is 5.85. The highest BCUT2D eigenvalue weighted by atomic mass is 32.2. The Kier molecular flexibility index (Phi) is 5.66. The number of carbonyl (C=O) groups excluding carboxylic acids is 1. The highest BCUT2D eigenvalue weighted by Gasteiger charge is 2.44. The lowest BCUT2D eigenvalue weighted by atomic mass is 10.1. The van der Waals surface area contributed by atoms with Crippen LogP contribution in [0.2, 0.25) is 0 Å². The normalized spacial score (nSPS) is 23.4. The minimum atomic E-state index is -4.38. The van der Waals surface area contributed by atoms with E-state index >= 15 is 0 Å². The lowest BCUT2D eigenvalue weighted by Gasteiger charge is -2.16. The summed E-state index contributed by atoms with van der Waals surface area (Å²) in [5.74, 6) is -1.33. The number of imidazole rings is 1. The van der Waals surface area contributed by atoms with Crippen molar-refractivity contribution < 1.29 is 33.3 Å². The van der Waals surface area contributed by atoms with Gasteiger partial charge in [0.25, 0.3) is 5.91 Å². The van der Waals surface area contributed by atoms with Gasteiger partial charge in [-0.05, 0) is 12.1 Å². The summed E-state index contributed by atoms with van der Waals surface area (Å²) >= 11 is 0. The van der Waals surface area contributed by atoms with Gasteiger partial charge in [-0.2, -0.15) is 13.1 Å². The quantitative estimate of drug-likeness (QED) is 0.234. The number of nitrogens with one attached hydrogen (secondary N) is 2. The van der Waals surface area contributed by atoms with Crippen LogP contribution in [0, 0.1) is 0 Å². The van der Waals surface area contributed by atoms with Crippen molar-refractivity contribution in [2.24, 2.45) is 0 Å². The molecule has 14 nitrogen and oxygen atoms in total. The Balaban J connectivity index is 1.44. The number of fused-ring (bicyclic) bond motifs is 1. The van der Waals surface area contributed by atoms with Gasteiger partial charge in [0.2, 0.25) is 0 Å². The summed E-state index contributed by atoms with van der Waals surface area (Å²) in [5.41, 5.74) is 6.03. The number of phenolic OH excluding ortho intramolecular Hbond substituents is 1. The smallest absolute Gasteiger partial charge is 0.301 e. The van der Waals surface area contributed by atoms with Crippen molar-refractivity contribution >= 4 is 33.1 Å². The summed E-state index contributed by atoms with van der Waals surface area (Å²) in [6, 6.07) is 5.41. The van der Waals surface area contributed by atoms with Crippen LogP contribution in [0.5, 0.6) is 5.75 Å². The Labute approximate surface area is 180 Å². The maximum atomic E-state index is 12.2. The first-order valence-corrected chi connectivity index (χ1v) is 10.7. The fourth-order valence-electron chi connectivity index (χ4n) is 3.25. The maximum absolute atomic E-state index is 12.2. The number of carbonyl (C=O) groups is 1. The highest BCUT2D eigenvalue weighted by molar-refractivity contribution is 7.88. The van der Waals surface area contributed by atoms with E-state index < -0.39 is 53.0 Å². The molecule has 0 aliphatic carbocycles. The summed E-state index contributed by atoms with van der Waals surface area (Å²) < 4.78 is 35.2. The van der Waals surface area contributed by atoms with Gasteiger partial charge in [0.15, 0.2) is 17.7 Å². The van der Waals surface area contributed by atoms with Crippen LogP contribution >= 0.6 is 0 Å². The average molecular weight is 465 g/mol. The standard InChI is InChI=1S/C17H19N7O7S/c18-14-11-15(20-6-19-14)24(7-21-11)17-13(27)12(26)10(31-17)5-22-32(29,30)23-16(28)8-3-1-2-4-9(8)25/h1-4,6-7,10,12-13,17,22,25-27H,5H2,(H,23,28)(H2,18,19,20)/t10-,12?,13?,17-/m1/s1. The second-order valence-corrected chi connectivity index (χ2v) is 8.43. The molecule has 0 bridgehead atoms. The molecule has 170 valence electrons. The number of nitrogen functional groups attached to an aromatic ring is 1. The highest BCUT2D eigenvalue weighted by Crippen LogP contribution is 2.31. The van der Waals surface area contributed by atoms with E-state index in [2.05, 4.69) is 19.7 Å². The number of nitrogens with two attached hydrogens (primary N) is 1. The minimum absolute atomic E-state index is 0.117. The maximum Gasteiger partial charge on any atom is 0.301 e. The molecule has 7 N–H and O–H groups in total. The largest absolute Gasteiger partial charge is 0.507 e. The van der Waals surface area contributed by atoms with Crippen molar-refractivity contribution in [3.8, 4) is 5.75 Å². The summed E-state index contributed by atoms with van der Waals surface area (Å²) in [7, 11) is -4.38. The minimum Gasteiger partial charge on any atom is -0.507 e. The molecule has 4 atom stereocenters. The van der Waals surface area contributed by atoms with Gasteiger partial charge in [0, 0.05) is 6.54 Å². The first kappa shape index (κ1) is 21.8.